The van der Waals surface area contributed by atoms with E-state index in [1.54, 1.807) is 42.5 Å². The number of aliphatic hydroxyl groups excluding tert-OH is 1. The van der Waals surface area contributed by atoms with Gasteiger partial charge in [-0.2, -0.15) is 0 Å². The number of para-hydroxylation sites is 2. The Morgan fingerprint density at radius 1 is 0.622 bits per heavy atom. The fourth-order valence-electron chi connectivity index (χ4n) is 12.6. The molecule has 4 aromatic rings. The van der Waals surface area contributed by atoms with Crippen molar-refractivity contribution in [2.45, 2.75) is 115 Å². The number of aliphatic hydroxyl groups is 1. The van der Waals surface area contributed by atoms with Crippen LogP contribution in [0.4, 0.5) is 11.4 Å². The Bertz CT molecular complexity index is 3390. The number of carbonyl (C=O) groups is 4. The maximum Gasteiger partial charge on any atom is 0.343 e. The maximum absolute atomic E-state index is 14.3. The second-order valence-electron chi connectivity index (χ2n) is 22.5. The fraction of sp³-hybridized carbons (Fsp3) is 0.333. The quantitative estimate of drug-likeness (QED) is 0.0393. The third-order valence-corrected chi connectivity index (χ3v) is 17.1. The number of anilines is 2. The van der Waals surface area contributed by atoms with Crippen LogP contribution in [0.5, 0.6) is 0 Å². The number of hydrogen-bond acceptors (Lipinski definition) is 14. The molecular formula is C66H60N6O10. The van der Waals surface area contributed by atoms with Crippen molar-refractivity contribution in [2.24, 2.45) is 11.8 Å². The predicted octanol–water partition coefficient (Wildman–Crippen LogP) is 11.8. The summed E-state index contributed by atoms with van der Waals surface area (Å²) in [7, 11) is 1.34. The summed E-state index contributed by atoms with van der Waals surface area (Å²) in [5, 5.41) is 29.8. The van der Waals surface area contributed by atoms with E-state index >= 15 is 0 Å². The first-order valence-corrected chi connectivity index (χ1v) is 27.3. The van der Waals surface area contributed by atoms with E-state index in [0.29, 0.717) is 75.6 Å². The molecule has 2 aliphatic carbocycles. The zero-order valence-electron chi connectivity index (χ0n) is 46.3. The molecule has 0 unspecified atom stereocenters. The number of esters is 3. The van der Waals surface area contributed by atoms with E-state index in [4.69, 9.17) is 36.8 Å². The largest absolute Gasteiger partial charge is 0.465 e. The van der Waals surface area contributed by atoms with Gasteiger partial charge in [0, 0.05) is 77.9 Å². The molecule has 16 heteroatoms. The topological polar surface area (TPSA) is 197 Å². The van der Waals surface area contributed by atoms with Crippen LogP contribution in [0.3, 0.4) is 0 Å². The molecule has 16 nitrogen and oxygen atoms in total. The van der Waals surface area contributed by atoms with E-state index in [1.807, 2.05) is 84.9 Å². The van der Waals surface area contributed by atoms with Gasteiger partial charge in [0.15, 0.2) is 17.3 Å². The van der Waals surface area contributed by atoms with Gasteiger partial charge in [0.05, 0.1) is 49.1 Å². The number of carbonyl (C=O) groups excluding carboxylic acids is 4. The van der Waals surface area contributed by atoms with Gasteiger partial charge in [-0.1, -0.05) is 100 Å². The zero-order chi connectivity index (χ0) is 58.1. The Hall–Kier alpha value is -9.48. The molecule has 0 radical (unpaired) electrons. The summed E-state index contributed by atoms with van der Waals surface area (Å²) >= 11 is 0. The summed E-state index contributed by atoms with van der Waals surface area (Å²) in [6, 6.07) is 34.1. The summed E-state index contributed by atoms with van der Waals surface area (Å²) in [6.45, 7) is 24.5. The number of rotatable bonds is 10. The van der Waals surface area contributed by atoms with E-state index in [-0.39, 0.29) is 51.7 Å². The predicted molar refractivity (Wildman–Crippen MR) is 301 cm³/mol. The molecule has 4 heterocycles. The molecule has 1 N–H and O–H groups in total. The molecule has 0 bridgehead atoms. The summed E-state index contributed by atoms with van der Waals surface area (Å²) in [5.74, 6) is -5.00. The number of ether oxygens (including phenoxy) is 5. The SMILES string of the molecule is [C-]#[N+]/C(C#N)=C1\OC2(CCC(C3CCC4(CC3)OC(=O)C(=CC=C3N(Cc5ccc(C(=O)OC)cc5)c5ccccc5C3(C)C)/C(=C(/C#N)[N+]#[C-])O4)CC2)OC(=O)C1=CC=C1N(Cc2ccc(C(=O)CO)cc2)c2ccccc2C1(C)C. The van der Waals surface area contributed by atoms with E-state index in [1.165, 1.54) is 7.11 Å². The number of nitriles is 2. The molecule has 4 fully saturated rings. The van der Waals surface area contributed by atoms with E-state index < -0.39 is 46.9 Å². The van der Waals surface area contributed by atoms with Crippen molar-refractivity contribution >= 4 is 35.1 Å². The molecule has 0 amide bonds. The number of nitrogens with zero attached hydrogens (tertiary/aromatic N) is 6. The molecule has 2 spiro atoms. The highest BCUT2D eigenvalue weighted by atomic mass is 16.7. The highest BCUT2D eigenvalue weighted by Gasteiger charge is 2.52. The molecular weight excluding hydrogens is 1040 g/mol. The van der Waals surface area contributed by atoms with Crippen molar-refractivity contribution in [1.82, 2.24) is 0 Å². The minimum atomic E-state index is -1.41. The van der Waals surface area contributed by atoms with Gasteiger partial charge in [0.25, 0.3) is 11.6 Å². The Morgan fingerprint density at radius 3 is 1.38 bits per heavy atom. The Labute approximate surface area is 476 Å². The molecule has 82 heavy (non-hydrogen) atoms. The number of methoxy groups -OCH3 is 1. The van der Waals surface area contributed by atoms with Crippen molar-refractivity contribution in [3.63, 3.8) is 0 Å². The van der Waals surface area contributed by atoms with Crippen LogP contribution in [0.2, 0.25) is 0 Å². The Morgan fingerprint density at radius 2 is 1.01 bits per heavy atom. The lowest BCUT2D eigenvalue weighted by molar-refractivity contribution is -0.248. The first-order valence-electron chi connectivity index (χ1n) is 27.3. The van der Waals surface area contributed by atoms with Gasteiger partial charge in [-0.05, 0) is 108 Å². The normalized spacial score (nSPS) is 26.3. The standard InChI is InChI=1S/C66H60N6O10/c1-63(2)49-12-8-10-14-53(49)71(38-41-16-20-45(21-17-41)55(74)40-73)56(63)26-24-47-58(51(36-67)69-5)79-65(81-61(47)76)32-28-43(29-33-65)44-30-34-66(35-31-44)80-59(52(37-68)70-6)48(62(77)82-66)25-27-57-64(3,4)50-13-9-11-15-54(50)72(57)39-42-18-22-46(23-19-42)60(75)78-7/h8-27,43-44,73H,28-35,38-40H2,1-4,7H3/b47-24?,48-25?,56-26?,57-27?,58-51-,59-52+. The van der Waals surface area contributed by atoms with Crippen LogP contribution in [0.25, 0.3) is 9.69 Å². The molecule has 4 aromatic carbocycles. The Balaban J connectivity index is 0.837. The van der Waals surface area contributed by atoms with Crippen molar-refractivity contribution in [3.8, 4) is 12.1 Å². The van der Waals surface area contributed by atoms with Gasteiger partial charge in [-0.3, -0.25) is 4.79 Å². The number of hydrogen-bond donors (Lipinski definition) is 1. The number of fused-ring (bicyclic) bond motifs is 2. The average molecular weight is 1100 g/mol. The number of allylic oxidation sites excluding steroid dienone is 8. The van der Waals surface area contributed by atoms with Crippen LogP contribution in [-0.4, -0.2) is 54.1 Å². The first-order chi connectivity index (χ1) is 39.4. The highest BCUT2D eigenvalue weighted by molar-refractivity contribution is 5.97. The van der Waals surface area contributed by atoms with E-state index in [0.717, 1.165) is 45.0 Å². The second kappa shape index (κ2) is 22.2. The van der Waals surface area contributed by atoms with Crippen LogP contribution in [0, 0.1) is 47.6 Å². The highest BCUT2D eigenvalue weighted by Crippen LogP contribution is 2.53. The van der Waals surface area contributed by atoms with Gasteiger partial charge in [0.1, 0.15) is 6.61 Å². The van der Waals surface area contributed by atoms with Gasteiger partial charge in [0.2, 0.25) is 0 Å². The van der Waals surface area contributed by atoms with Crippen molar-refractivity contribution < 1.29 is 48.0 Å². The minimum Gasteiger partial charge on any atom is -0.465 e. The molecule has 4 aliphatic heterocycles. The molecule has 10 rings (SSSR count). The van der Waals surface area contributed by atoms with Crippen molar-refractivity contribution in [2.75, 3.05) is 23.5 Å². The molecule has 2 saturated heterocycles. The van der Waals surface area contributed by atoms with E-state index in [9.17, 15) is 34.8 Å². The van der Waals surface area contributed by atoms with Crippen molar-refractivity contribution in [3.05, 3.63) is 223 Å². The Kier molecular flexibility index (Phi) is 15.1. The number of benzene rings is 4. The smallest absolute Gasteiger partial charge is 0.343 e. The van der Waals surface area contributed by atoms with Gasteiger partial charge < -0.3 is 38.6 Å². The van der Waals surface area contributed by atoms with Crippen molar-refractivity contribution in [1.29, 1.82) is 10.5 Å². The fourth-order valence-corrected chi connectivity index (χ4v) is 12.6. The van der Waals surface area contributed by atoms with Crippen LogP contribution in [0.15, 0.2) is 167 Å². The molecule has 0 aromatic heterocycles. The van der Waals surface area contributed by atoms with Crippen LogP contribution < -0.4 is 9.80 Å². The van der Waals surface area contributed by atoms with E-state index in [2.05, 4.69) is 53.3 Å². The zero-order valence-corrected chi connectivity index (χ0v) is 46.3. The summed E-state index contributed by atoms with van der Waals surface area (Å²) < 4.78 is 30.4. The van der Waals surface area contributed by atoms with Crippen LogP contribution in [0.1, 0.15) is 122 Å². The third-order valence-electron chi connectivity index (χ3n) is 17.1. The molecule has 6 aliphatic rings. The third kappa shape index (κ3) is 10.2. The monoisotopic (exact) mass is 1100 g/mol. The summed E-state index contributed by atoms with van der Waals surface area (Å²) in [6.07, 6.45) is 10.4. The van der Waals surface area contributed by atoms with Crippen LogP contribution >= 0.6 is 0 Å². The minimum absolute atomic E-state index is 0.0461. The maximum atomic E-state index is 14.3. The lowest BCUT2D eigenvalue weighted by Gasteiger charge is -2.47. The first kappa shape index (κ1) is 55.8. The molecule has 2 saturated carbocycles. The van der Waals surface area contributed by atoms with Gasteiger partial charge in [-0.15, -0.1) is 0 Å². The summed E-state index contributed by atoms with van der Waals surface area (Å²) in [5.41, 5.74) is 6.43. The van der Waals surface area contributed by atoms with Gasteiger partial charge >= 0.3 is 29.3 Å². The average Bonchev–Trinajstić information content (AvgIpc) is 3.30. The number of ketones is 1. The van der Waals surface area contributed by atoms with Crippen LogP contribution in [-0.2, 0) is 57.2 Å². The molecule has 0 atom stereocenters. The summed E-state index contributed by atoms with van der Waals surface area (Å²) in [4.78, 5) is 64.1. The lowest BCUT2D eigenvalue weighted by atomic mass is 9.70. The second-order valence-corrected chi connectivity index (χ2v) is 22.5. The molecule has 414 valence electrons. The lowest BCUT2D eigenvalue weighted by Crippen LogP contribution is -2.48. The van der Waals surface area contributed by atoms with Gasteiger partial charge in [-0.25, -0.2) is 34.6 Å². The number of Topliss-reactive ketones (excluding diaryl/α,β-unsaturated/α-hetero) is 1.